The largest absolute Gasteiger partial charge is 0.498 e. The Morgan fingerprint density at radius 2 is 0.974 bits per heavy atom. The highest BCUT2D eigenvalue weighted by Crippen LogP contribution is 2.38. The quantitative estimate of drug-likeness (QED) is 0.366. The summed E-state index contributed by atoms with van der Waals surface area (Å²) >= 11 is 0. The Bertz CT molecular complexity index is 1170. The molecule has 200 valence electrons. The second-order valence-electron chi connectivity index (χ2n) is 10.3. The van der Waals surface area contributed by atoms with Gasteiger partial charge in [0.2, 0.25) is 0 Å². The van der Waals surface area contributed by atoms with Crippen molar-refractivity contribution in [2.24, 2.45) is 11.5 Å². The molecule has 0 spiro atoms. The van der Waals surface area contributed by atoms with Crippen LogP contribution in [0.2, 0.25) is 0 Å². The maximum Gasteiger partial charge on any atom is 0.124 e. The number of hydrogen-bond acceptors (Lipinski definition) is 4. The minimum Gasteiger partial charge on any atom is -0.498 e. The fourth-order valence-corrected chi connectivity index (χ4v) is 5.17. The van der Waals surface area contributed by atoms with Gasteiger partial charge in [0.15, 0.2) is 0 Å². The maximum absolute atomic E-state index is 6.91. The van der Waals surface area contributed by atoms with Gasteiger partial charge < -0.3 is 20.9 Å². The Morgan fingerprint density at radius 1 is 0.605 bits per heavy atom. The summed E-state index contributed by atoms with van der Waals surface area (Å²) in [6.45, 7) is 4.42. The van der Waals surface area contributed by atoms with Crippen LogP contribution in [0.3, 0.4) is 0 Å². The molecular formula is C34H42N2O2. The predicted octanol–water partition coefficient (Wildman–Crippen LogP) is 6.88. The minimum atomic E-state index is -0.828. The summed E-state index contributed by atoms with van der Waals surface area (Å²) in [5.74, 6) is 1.38. The lowest BCUT2D eigenvalue weighted by atomic mass is 9.80. The molecule has 0 saturated heterocycles. The lowest BCUT2D eigenvalue weighted by molar-refractivity contribution is 0.239. The van der Waals surface area contributed by atoms with Gasteiger partial charge in [-0.3, -0.25) is 0 Å². The molecule has 2 aliphatic carbocycles. The molecule has 2 atom stereocenters. The fourth-order valence-electron chi connectivity index (χ4n) is 5.17. The summed E-state index contributed by atoms with van der Waals surface area (Å²) in [6, 6.07) is 17.1. The molecule has 0 radical (unpaired) electrons. The topological polar surface area (TPSA) is 70.5 Å². The van der Waals surface area contributed by atoms with Crippen LogP contribution < -0.4 is 11.5 Å². The van der Waals surface area contributed by atoms with E-state index in [0.29, 0.717) is 11.5 Å². The van der Waals surface area contributed by atoms with Crippen LogP contribution in [0.1, 0.15) is 61.8 Å². The van der Waals surface area contributed by atoms with Crippen LogP contribution >= 0.6 is 0 Å². The Balaban J connectivity index is 1.62. The SMILES string of the molecule is CCCCc1ccc(C2(N)C=CC(=C3C=CC(N)(c4ccc(CCCC)cc4)C(OC)=C3)C=C2OC)cc1. The van der Waals surface area contributed by atoms with Gasteiger partial charge in [-0.05, 0) is 71.2 Å². The van der Waals surface area contributed by atoms with Gasteiger partial charge in [-0.25, -0.2) is 0 Å². The molecule has 2 aliphatic rings. The van der Waals surface area contributed by atoms with E-state index < -0.39 is 11.1 Å². The Morgan fingerprint density at radius 3 is 1.29 bits per heavy atom. The normalized spacial score (nSPS) is 24.7. The van der Waals surface area contributed by atoms with E-state index in [2.05, 4.69) is 74.5 Å². The number of benzene rings is 2. The number of unbranched alkanes of at least 4 members (excludes halogenated alkanes) is 2. The first-order valence-electron chi connectivity index (χ1n) is 13.8. The lowest BCUT2D eigenvalue weighted by Gasteiger charge is -2.33. The van der Waals surface area contributed by atoms with Gasteiger partial charge in [0.1, 0.15) is 22.6 Å². The molecule has 0 amide bonds. The van der Waals surface area contributed by atoms with Crippen molar-refractivity contribution < 1.29 is 9.47 Å². The van der Waals surface area contributed by atoms with Gasteiger partial charge in [-0.15, -0.1) is 0 Å². The van der Waals surface area contributed by atoms with E-state index >= 15 is 0 Å². The summed E-state index contributed by atoms with van der Waals surface area (Å²) in [5, 5.41) is 0. The second-order valence-corrected chi connectivity index (χ2v) is 10.3. The standard InChI is InChI=1S/C34H42N2O2/c1-5-7-9-25-11-15-29(16-12-25)33(35)21-19-27(23-31(33)37-3)28-20-22-34(36,32(24-28)38-4)30-17-13-26(14-18-30)10-8-6-2/h11-24H,5-10,35-36H2,1-4H3. The van der Waals surface area contributed by atoms with Crippen molar-refractivity contribution in [3.05, 3.63) is 130 Å². The number of rotatable bonds is 10. The van der Waals surface area contributed by atoms with Gasteiger partial charge in [0.05, 0.1) is 14.2 Å². The molecular weight excluding hydrogens is 468 g/mol. The van der Waals surface area contributed by atoms with E-state index in [1.54, 1.807) is 14.2 Å². The molecule has 0 saturated carbocycles. The van der Waals surface area contributed by atoms with Crippen LogP contribution in [0, 0.1) is 0 Å². The molecule has 0 aromatic heterocycles. The Labute approximate surface area is 228 Å². The van der Waals surface area contributed by atoms with Crippen molar-refractivity contribution in [3.8, 4) is 0 Å². The summed E-state index contributed by atoms with van der Waals surface area (Å²) < 4.78 is 11.7. The number of methoxy groups -OCH3 is 2. The van der Waals surface area contributed by atoms with Crippen molar-refractivity contribution in [1.82, 2.24) is 0 Å². The van der Waals surface area contributed by atoms with E-state index in [-0.39, 0.29) is 0 Å². The van der Waals surface area contributed by atoms with Gasteiger partial charge >= 0.3 is 0 Å². The molecule has 2 aromatic rings. The van der Waals surface area contributed by atoms with Crippen LogP contribution in [0.4, 0.5) is 0 Å². The summed E-state index contributed by atoms with van der Waals surface area (Å²) in [7, 11) is 3.35. The molecule has 4 nitrogen and oxygen atoms in total. The minimum absolute atomic E-state index is 0.692. The second kappa shape index (κ2) is 12.0. The van der Waals surface area contributed by atoms with E-state index in [4.69, 9.17) is 20.9 Å². The van der Waals surface area contributed by atoms with Crippen LogP contribution in [-0.2, 0) is 33.4 Å². The summed E-state index contributed by atoms with van der Waals surface area (Å²) in [4.78, 5) is 0. The number of hydrogen-bond donors (Lipinski definition) is 2. The van der Waals surface area contributed by atoms with Crippen LogP contribution in [0.15, 0.2) is 108 Å². The predicted molar refractivity (Wildman–Crippen MR) is 157 cm³/mol. The number of allylic oxidation sites excluding steroid dienone is 6. The smallest absolute Gasteiger partial charge is 0.124 e. The highest BCUT2D eigenvalue weighted by atomic mass is 16.5. The molecule has 4 heteroatoms. The molecule has 4 rings (SSSR count). The zero-order valence-corrected chi connectivity index (χ0v) is 23.3. The molecule has 0 heterocycles. The van der Waals surface area contributed by atoms with Crippen molar-refractivity contribution in [1.29, 1.82) is 0 Å². The third-order valence-electron chi connectivity index (χ3n) is 7.71. The average Bonchev–Trinajstić information content (AvgIpc) is 2.96. The number of aryl methyl sites for hydroxylation is 2. The molecule has 0 fully saturated rings. The summed E-state index contributed by atoms with van der Waals surface area (Å²) in [6.07, 6.45) is 19.1. The maximum atomic E-state index is 6.91. The monoisotopic (exact) mass is 510 g/mol. The van der Waals surface area contributed by atoms with Crippen molar-refractivity contribution in [3.63, 3.8) is 0 Å². The highest BCUT2D eigenvalue weighted by Gasteiger charge is 2.35. The van der Waals surface area contributed by atoms with Gasteiger partial charge in [0.25, 0.3) is 0 Å². The number of nitrogens with two attached hydrogens (primary N) is 2. The van der Waals surface area contributed by atoms with Crippen LogP contribution in [0.25, 0.3) is 0 Å². The molecule has 0 aliphatic heterocycles. The molecule has 0 bridgehead atoms. The van der Waals surface area contributed by atoms with Gasteiger partial charge in [-0.1, -0.05) is 99.5 Å². The highest BCUT2D eigenvalue weighted by molar-refractivity contribution is 5.58. The zero-order chi connectivity index (χ0) is 27.2. The Kier molecular flexibility index (Phi) is 8.76. The van der Waals surface area contributed by atoms with Gasteiger partial charge in [0, 0.05) is 0 Å². The van der Waals surface area contributed by atoms with Crippen LogP contribution in [0.5, 0.6) is 0 Å². The molecule has 2 aromatic carbocycles. The first kappa shape index (κ1) is 27.7. The van der Waals surface area contributed by atoms with E-state index in [1.165, 1.54) is 36.8 Å². The molecule has 2 unspecified atom stereocenters. The molecule has 4 N–H and O–H groups in total. The van der Waals surface area contributed by atoms with Crippen molar-refractivity contribution >= 4 is 0 Å². The summed E-state index contributed by atoms with van der Waals surface area (Å²) in [5.41, 5.74) is 18.8. The van der Waals surface area contributed by atoms with Crippen molar-refractivity contribution in [2.75, 3.05) is 14.2 Å². The third-order valence-corrected chi connectivity index (χ3v) is 7.71. The first-order valence-corrected chi connectivity index (χ1v) is 13.8. The number of ether oxygens (including phenoxy) is 2. The molecule has 38 heavy (non-hydrogen) atoms. The lowest BCUT2D eigenvalue weighted by Crippen LogP contribution is -2.39. The van der Waals surface area contributed by atoms with E-state index in [0.717, 1.165) is 35.1 Å². The zero-order valence-electron chi connectivity index (χ0n) is 23.3. The van der Waals surface area contributed by atoms with E-state index in [9.17, 15) is 0 Å². The Hall–Kier alpha value is -3.34. The fraction of sp³-hybridized carbons (Fsp3) is 0.353. The van der Waals surface area contributed by atoms with E-state index in [1.807, 2.05) is 24.3 Å². The van der Waals surface area contributed by atoms with Gasteiger partial charge in [-0.2, -0.15) is 0 Å². The average molecular weight is 511 g/mol. The first-order chi connectivity index (χ1) is 18.4. The van der Waals surface area contributed by atoms with Crippen LogP contribution in [-0.4, -0.2) is 14.2 Å². The van der Waals surface area contributed by atoms with Crippen molar-refractivity contribution in [2.45, 2.75) is 63.5 Å². The third kappa shape index (κ3) is 5.57.